The van der Waals surface area contributed by atoms with Crippen LogP contribution in [-0.4, -0.2) is 32.4 Å². The van der Waals surface area contributed by atoms with Crippen molar-refractivity contribution in [2.24, 2.45) is 0 Å². The summed E-state index contributed by atoms with van der Waals surface area (Å²) in [5, 5.41) is 2.85. The Morgan fingerprint density at radius 1 is 1.07 bits per heavy atom. The maximum absolute atomic E-state index is 12.8. The predicted octanol–water partition coefficient (Wildman–Crippen LogP) is 3.85. The van der Waals surface area contributed by atoms with Crippen molar-refractivity contribution < 1.29 is 13.2 Å². The summed E-state index contributed by atoms with van der Waals surface area (Å²) in [5.74, 6) is 0.650. The Morgan fingerprint density at radius 2 is 1.78 bits per heavy atom. The van der Waals surface area contributed by atoms with Crippen molar-refractivity contribution in [1.82, 2.24) is 4.72 Å². The summed E-state index contributed by atoms with van der Waals surface area (Å²) in [6.07, 6.45) is 2.33. The Balaban J connectivity index is 2.17. The van der Waals surface area contributed by atoms with Crippen LogP contribution in [0.25, 0.3) is 0 Å². The molecule has 7 heteroatoms. The second-order valence-electron chi connectivity index (χ2n) is 6.54. The largest absolute Gasteiger partial charge is 0.325 e. The molecular weight excluding hydrogens is 380 g/mol. The molecule has 0 radical (unpaired) electrons. The fourth-order valence-electron chi connectivity index (χ4n) is 2.54. The molecule has 0 aliphatic heterocycles. The molecule has 27 heavy (non-hydrogen) atoms. The minimum Gasteiger partial charge on any atom is -0.325 e. The average Bonchev–Trinajstić information content (AvgIpc) is 2.66. The maximum Gasteiger partial charge on any atom is 0.242 e. The van der Waals surface area contributed by atoms with E-state index in [0.717, 1.165) is 5.56 Å². The van der Waals surface area contributed by atoms with Gasteiger partial charge in [0.1, 0.15) is 6.04 Å². The topological polar surface area (TPSA) is 75.3 Å². The normalized spacial score (nSPS) is 12.7. The van der Waals surface area contributed by atoms with Crippen molar-refractivity contribution in [3.63, 3.8) is 0 Å². The van der Waals surface area contributed by atoms with Crippen LogP contribution in [-0.2, 0) is 14.8 Å². The molecule has 2 N–H and O–H groups in total. The number of amides is 1. The monoisotopic (exact) mass is 406 g/mol. The van der Waals surface area contributed by atoms with Gasteiger partial charge < -0.3 is 5.32 Å². The van der Waals surface area contributed by atoms with Gasteiger partial charge in [-0.3, -0.25) is 4.79 Å². The van der Waals surface area contributed by atoms with E-state index in [1.807, 2.05) is 24.5 Å². The van der Waals surface area contributed by atoms with E-state index in [9.17, 15) is 13.2 Å². The summed E-state index contributed by atoms with van der Waals surface area (Å²) in [7, 11) is -3.77. The first kappa shape index (κ1) is 21.5. The highest BCUT2D eigenvalue weighted by Gasteiger charge is 2.25. The van der Waals surface area contributed by atoms with Crippen LogP contribution in [0.1, 0.15) is 31.7 Å². The zero-order valence-electron chi connectivity index (χ0n) is 15.8. The second kappa shape index (κ2) is 9.92. The molecule has 0 bridgehead atoms. The van der Waals surface area contributed by atoms with Gasteiger partial charge in [-0.1, -0.05) is 44.2 Å². The summed E-state index contributed by atoms with van der Waals surface area (Å²) in [4.78, 5) is 12.9. The minimum absolute atomic E-state index is 0.147. The van der Waals surface area contributed by atoms with Crippen molar-refractivity contribution in [3.8, 4) is 0 Å². The standard InChI is InChI=1S/C20H26N2O3S2/c1-15(2)16-8-7-9-17(14-16)21-20(23)19(12-13-26-3)22-27(24,25)18-10-5-4-6-11-18/h4-11,14-15,19,22H,12-13H2,1-3H3,(H,21,23). The molecule has 2 aromatic rings. The molecule has 146 valence electrons. The molecule has 0 fully saturated rings. The number of benzene rings is 2. The number of carbonyl (C=O) groups excluding carboxylic acids is 1. The lowest BCUT2D eigenvalue weighted by Crippen LogP contribution is -2.44. The predicted molar refractivity (Wildman–Crippen MR) is 113 cm³/mol. The van der Waals surface area contributed by atoms with Gasteiger partial charge in [-0.05, 0) is 54.2 Å². The van der Waals surface area contributed by atoms with E-state index in [1.165, 1.54) is 12.1 Å². The summed E-state index contributed by atoms with van der Waals surface area (Å²) in [6, 6.07) is 14.9. The zero-order valence-corrected chi connectivity index (χ0v) is 17.4. The SMILES string of the molecule is CSCCC(NS(=O)(=O)c1ccccc1)C(=O)Nc1cccc(C(C)C)c1. The van der Waals surface area contributed by atoms with E-state index in [0.29, 0.717) is 23.8 Å². The Bertz CT molecular complexity index is 853. The molecule has 0 aromatic heterocycles. The lowest BCUT2D eigenvalue weighted by Gasteiger charge is -2.19. The average molecular weight is 407 g/mol. The summed E-state index contributed by atoms with van der Waals surface area (Å²) < 4.78 is 27.8. The fraction of sp³-hybridized carbons (Fsp3) is 0.350. The van der Waals surface area contributed by atoms with Crippen LogP contribution in [0, 0.1) is 0 Å². The molecule has 0 aliphatic carbocycles. The quantitative estimate of drug-likeness (QED) is 0.663. The number of anilines is 1. The van der Waals surface area contributed by atoms with E-state index in [-0.39, 0.29) is 10.8 Å². The van der Waals surface area contributed by atoms with E-state index < -0.39 is 16.1 Å². The van der Waals surface area contributed by atoms with Crippen molar-refractivity contribution in [3.05, 3.63) is 60.2 Å². The Labute approximate surface area is 166 Å². The minimum atomic E-state index is -3.77. The van der Waals surface area contributed by atoms with Gasteiger partial charge in [0.15, 0.2) is 0 Å². The van der Waals surface area contributed by atoms with Crippen molar-refractivity contribution in [1.29, 1.82) is 0 Å². The summed E-state index contributed by atoms with van der Waals surface area (Å²) in [6.45, 7) is 4.16. The van der Waals surface area contributed by atoms with Crippen molar-refractivity contribution in [2.75, 3.05) is 17.3 Å². The van der Waals surface area contributed by atoms with Crippen LogP contribution in [0.15, 0.2) is 59.5 Å². The van der Waals surface area contributed by atoms with Gasteiger partial charge in [0.2, 0.25) is 15.9 Å². The molecular formula is C20H26N2O3S2. The molecule has 1 amide bonds. The van der Waals surface area contributed by atoms with E-state index >= 15 is 0 Å². The fourth-order valence-corrected chi connectivity index (χ4v) is 4.26. The van der Waals surface area contributed by atoms with Gasteiger partial charge in [0, 0.05) is 5.69 Å². The lowest BCUT2D eigenvalue weighted by molar-refractivity contribution is -0.117. The Kier molecular flexibility index (Phi) is 7.89. The van der Waals surface area contributed by atoms with Gasteiger partial charge in [-0.15, -0.1) is 0 Å². The van der Waals surface area contributed by atoms with Crippen molar-refractivity contribution in [2.45, 2.75) is 37.1 Å². The first-order valence-electron chi connectivity index (χ1n) is 8.80. The van der Waals surface area contributed by atoms with Gasteiger partial charge in [-0.25, -0.2) is 8.42 Å². The van der Waals surface area contributed by atoms with E-state index in [1.54, 1.807) is 36.0 Å². The maximum atomic E-state index is 12.8. The molecule has 0 saturated heterocycles. The third kappa shape index (κ3) is 6.37. The van der Waals surface area contributed by atoms with Crippen LogP contribution in [0.3, 0.4) is 0 Å². The molecule has 2 rings (SSSR count). The molecule has 0 heterocycles. The highest BCUT2D eigenvalue weighted by Crippen LogP contribution is 2.19. The highest BCUT2D eigenvalue weighted by atomic mass is 32.2. The van der Waals surface area contributed by atoms with Gasteiger partial charge in [-0.2, -0.15) is 16.5 Å². The van der Waals surface area contributed by atoms with Gasteiger partial charge in [0.05, 0.1) is 4.90 Å². The first-order chi connectivity index (χ1) is 12.8. The molecule has 1 unspecified atom stereocenters. The molecule has 1 atom stereocenters. The third-order valence-corrected chi connectivity index (χ3v) is 6.23. The number of hydrogen-bond donors (Lipinski definition) is 2. The zero-order chi connectivity index (χ0) is 19.9. The number of thioether (sulfide) groups is 1. The van der Waals surface area contributed by atoms with Crippen LogP contribution < -0.4 is 10.0 Å². The van der Waals surface area contributed by atoms with Gasteiger partial charge in [0.25, 0.3) is 0 Å². The molecule has 5 nitrogen and oxygen atoms in total. The number of carbonyl (C=O) groups is 1. The molecule has 2 aromatic carbocycles. The van der Waals surface area contributed by atoms with Crippen LogP contribution in [0.4, 0.5) is 5.69 Å². The van der Waals surface area contributed by atoms with Crippen LogP contribution >= 0.6 is 11.8 Å². The van der Waals surface area contributed by atoms with E-state index in [4.69, 9.17) is 0 Å². The summed E-state index contributed by atoms with van der Waals surface area (Å²) in [5.41, 5.74) is 1.78. The van der Waals surface area contributed by atoms with Crippen LogP contribution in [0.2, 0.25) is 0 Å². The van der Waals surface area contributed by atoms with Gasteiger partial charge >= 0.3 is 0 Å². The molecule has 0 spiro atoms. The summed E-state index contributed by atoms with van der Waals surface area (Å²) >= 11 is 1.57. The highest BCUT2D eigenvalue weighted by molar-refractivity contribution is 7.98. The number of hydrogen-bond acceptors (Lipinski definition) is 4. The van der Waals surface area contributed by atoms with Crippen molar-refractivity contribution >= 4 is 33.4 Å². The lowest BCUT2D eigenvalue weighted by atomic mass is 10.0. The van der Waals surface area contributed by atoms with Crippen LogP contribution in [0.5, 0.6) is 0 Å². The molecule has 0 aliphatic rings. The van der Waals surface area contributed by atoms with E-state index in [2.05, 4.69) is 23.9 Å². The Morgan fingerprint density at radius 3 is 2.41 bits per heavy atom. The first-order valence-corrected chi connectivity index (χ1v) is 11.7. The number of rotatable bonds is 9. The molecule has 0 saturated carbocycles. The smallest absolute Gasteiger partial charge is 0.242 e. The second-order valence-corrected chi connectivity index (χ2v) is 9.24. The third-order valence-electron chi connectivity index (χ3n) is 4.10. The Hall–Kier alpha value is -1.83. The number of nitrogens with one attached hydrogen (secondary N) is 2. The number of sulfonamides is 1.